The van der Waals surface area contributed by atoms with Crippen LogP contribution < -0.4 is 19.5 Å². The second kappa shape index (κ2) is 8.84. The molecule has 156 valence electrons. The molecule has 2 N–H and O–H groups in total. The minimum atomic E-state index is -3.93. The van der Waals surface area contributed by atoms with E-state index >= 15 is 0 Å². The highest BCUT2D eigenvalue weighted by molar-refractivity contribution is 7.89. The Labute approximate surface area is 171 Å². The fraction of sp³-hybridized carbons (Fsp3) is 0.381. The van der Waals surface area contributed by atoms with Gasteiger partial charge in [-0.1, -0.05) is 32.9 Å². The minimum Gasteiger partial charge on any atom is -0.486 e. The summed E-state index contributed by atoms with van der Waals surface area (Å²) < 4.78 is 39.2. The number of anilines is 1. The number of amides is 1. The average Bonchev–Trinajstić information content (AvgIpc) is 2.72. The van der Waals surface area contributed by atoms with Gasteiger partial charge in [-0.05, 0) is 42.2 Å². The summed E-state index contributed by atoms with van der Waals surface area (Å²) in [7, 11) is -3.93. The number of rotatable bonds is 7. The summed E-state index contributed by atoms with van der Waals surface area (Å²) in [5.74, 6) is 0.215. The van der Waals surface area contributed by atoms with Gasteiger partial charge in [0, 0.05) is 11.8 Å². The van der Waals surface area contributed by atoms with Gasteiger partial charge in [0.15, 0.2) is 11.5 Å². The van der Waals surface area contributed by atoms with Crippen LogP contribution in [0.15, 0.2) is 47.4 Å². The summed E-state index contributed by atoms with van der Waals surface area (Å²) in [5, 5.41) is 2.79. The van der Waals surface area contributed by atoms with E-state index in [9.17, 15) is 13.2 Å². The van der Waals surface area contributed by atoms with Gasteiger partial charge in [0.2, 0.25) is 15.9 Å². The molecule has 1 heterocycles. The van der Waals surface area contributed by atoms with E-state index in [0.29, 0.717) is 30.4 Å². The number of carbonyl (C=O) groups is 1. The molecule has 0 aromatic heterocycles. The van der Waals surface area contributed by atoms with E-state index in [2.05, 4.69) is 17.0 Å². The van der Waals surface area contributed by atoms with Crippen LogP contribution in [0.25, 0.3) is 0 Å². The Morgan fingerprint density at radius 1 is 1.03 bits per heavy atom. The number of nitrogens with one attached hydrogen (secondary N) is 2. The molecule has 0 saturated heterocycles. The van der Waals surface area contributed by atoms with Crippen molar-refractivity contribution in [2.45, 2.75) is 38.1 Å². The molecule has 1 aliphatic heterocycles. The van der Waals surface area contributed by atoms with E-state index in [1.807, 2.05) is 24.3 Å². The van der Waals surface area contributed by atoms with Crippen molar-refractivity contribution in [2.24, 2.45) is 5.92 Å². The highest BCUT2D eigenvalue weighted by atomic mass is 32.2. The standard InChI is InChI=1S/C21H26N2O5S/c1-4-15-5-7-16(8-6-15)22-21(24)20(14(2)3)23-29(25,26)17-9-10-18-19(13-17)28-12-11-27-18/h5-10,13-14,20,23H,4,11-12H2,1-3H3,(H,22,24)/t20-/m0/s1. The summed E-state index contributed by atoms with van der Waals surface area (Å²) in [6, 6.07) is 11.0. The van der Waals surface area contributed by atoms with Crippen molar-refractivity contribution in [2.75, 3.05) is 18.5 Å². The Bertz CT molecular complexity index is 971. The van der Waals surface area contributed by atoms with Crippen LogP contribution in [0.3, 0.4) is 0 Å². The molecule has 0 fully saturated rings. The molecule has 0 aliphatic carbocycles. The second-order valence-corrected chi connectivity index (χ2v) is 8.90. The van der Waals surface area contributed by atoms with Crippen molar-refractivity contribution in [1.29, 1.82) is 0 Å². The van der Waals surface area contributed by atoms with Gasteiger partial charge in [-0.25, -0.2) is 8.42 Å². The first-order valence-electron chi connectivity index (χ1n) is 9.62. The molecule has 0 bridgehead atoms. The number of carbonyl (C=O) groups excluding carboxylic acids is 1. The topological polar surface area (TPSA) is 93.7 Å². The van der Waals surface area contributed by atoms with E-state index in [0.717, 1.165) is 12.0 Å². The number of hydrogen-bond donors (Lipinski definition) is 2. The SMILES string of the molecule is CCc1ccc(NC(=O)[C@@H](NS(=O)(=O)c2ccc3c(c2)OCCO3)C(C)C)cc1. The smallest absolute Gasteiger partial charge is 0.242 e. The van der Waals surface area contributed by atoms with E-state index in [-0.39, 0.29) is 10.8 Å². The highest BCUT2D eigenvalue weighted by Crippen LogP contribution is 2.32. The lowest BCUT2D eigenvalue weighted by molar-refractivity contribution is -0.118. The van der Waals surface area contributed by atoms with E-state index in [4.69, 9.17) is 9.47 Å². The van der Waals surface area contributed by atoms with Crippen LogP contribution in [0.5, 0.6) is 11.5 Å². The van der Waals surface area contributed by atoms with Crippen molar-refractivity contribution in [3.63, 3.8) is 0 Å². The third kappa shape index (κ3) is 5.07. The van der Waals surface area contributed by atoms with Gasteiger partial charge < -0.3 is 14.8 Å². The molecular weight excluding hydrogens is 392 g/mol. The van der Waals surface area contributed by atoms with Crippen LogP contribution in [0, 0.1) is 5.92 Å². The predicted molar refractivity (Wildman–Crippen MR) is 111 cm³/mol. The molecule has 7 nitrogen and oxygen atoms in total. The van der Waals surface area contributed by atoms with Crippen molar-refractivity contribution in [3.05, 3.63) is 48.0 Å². The second-order valence-electron chi connectivity index (χ2n) is 7.19. The Kier molecular flexibility index (Phi) is 6.44. The summed E-state index contributed by atoms with van der Waals surface area (Å²) in [4.78, 5) is 12.8. The predicted octanol–water partition coefficient (Wildman–Crippen LogP) is 2.96. The average molecular weight is 419 g/mol. The van der Waals surface area contributed by atoms with Gasteiger partial charge in [0.25, 0.3) is 0 Å². The van der Waals surface area contributed by atoms with Crippen molar-refractivity contribution < 1.29 is 22.7 Å². The Balaban J connectivity index is 1.77. The molecule has 0 spiro atoms. The highest BCUT2D eigenvalue weighted by Gasteiger charge is 2.29. The van der Waals surface area contributed by atoms with Crippen molar-refractivity contribution in [1.82, 2.24) is 4.72 Å². The number of ether oxygens (including phenoxy) is 2. The lowest BCUT2D eigenvalue weighted by Gasteiger charge is -2.23. The Morgan fingerprint density at radius 3 is 2.31 bits per heavy atom. The summed E-state index contributed by atoms with van der Waals surface area (Å²) in [6.45, 7) is 6.41. The van der Waals surface area contributed by atoms with Crippen molar-refractivity contribution >= 4 is 21.6 Å². The maximum Gasteiger partial charge on any atom is 0.242 e. The van der Waals surface area contributed by atoms with Crippen LogP contribution in [0.2, 0.25) is 0 Å². The van der Waals surface area contributed by atoms with Gasteiger partial charge in [0.1, 0.15) is 19.3 Å². The van der Waals surface area contributed by atoms with Gasteiger partial charge in [-0.2, -0.15) is 4.72 Å². The quantitative estimate of drug-likeness (QED) is 0.721. The zero-order valence-corrected chi connectivity index (χ0v) is 17.6. The maximum atomic E-state index is 12.9. The maximum absolute atomic E-state index is 12.9. The third-order valence-corrected chi connectivity index (χ3v) is 6.12. The summed E-state index contributed by atoms with van der Waals surface area (Å²) in [6.07, 6.45) is 0.901. The summed E-state index contributed by atoms with van der Waals surface area (Å²) in [5.41, 5.74) is 1.78. The molecule has 3 rings (SSSR count). The number of fused-ring (bicyclic) bond motifs is 1. The Hall–Kier alpha value is -2.58. The fourth-order valence-corrected chi connectivity index (χ4v) is 4.32. The van der Waals surface area contributed by atoms with Crippen LogP contribution in [-0.2, 0) is 21.2 Å². The van der Waals surface area contributed by atoms with Crippen LogP contribution in [0.1, 0.15) is 26.3 Å². The lowest BCUT2D eigenvalue weighted by Crippen LogP contribution is -2.47. The molecule has 0 unspecified atom stereocenters. The molecule has 0 saturated carbocycles. The molecule has 1 aliphatic rings. The first kappa shape index (κ1) is 21.1. The number of benzene rings is 2. The zero-order valence-electron chi connectivity index (χ0n) is 16.8. The number of aryl methyl sites for hydroxylation is 1. The van der Waals surface area contributed by atoms with Gasteiger partial charge in [0.05, 0.1) is 4.90 Å². The van der Waals surface area contributed by atoms with E-state index in [1.165, 1.54) is 12.1 Å². The zero-order chi connectivity index (χ0) is 21.0. The lowest BCUT2D eigenvalue weighted by atomic mass is 10.0. The largest absolute Gasteiger partial charge is 0.486 e. The normalized spacial score (nSPS) is 14.5. The molecule has 2 aromatic rings. The molecule has 8 heteroatoms. The summed E-state index contributed by atoms with van der Waals surface area (Å²) >= 11 is 0. The fourth-order valence-electron chi connectivity index (χ4n) is 2.96. The molecule has 29 heavy (non-hydrogen) atoms. The van der Waals surface area contributed by atoms with Gasteiger partial charge >= 0.3 is 0 Å². The minimum absolute atomic E-state index is 0.0208. The van der Waals surface area contributed by atoms with E-state index < -0.39 is 22.0 Å². The molecule has 1 amide bonds. The van der Waals surface area contributed by atoms with Crippen LogP contribution in [0.4, 0.5) is 5.69 Å². The molecule has 2 aromatic carbocycles. The van der Waals surface area contributed by atoms with Crippen LogP contribution in [-0.4, -0.2) is 33.6 Å². The van der Waals surface area contributed by atoms with Gasteiger partial charge in [-0.15, -0.1) is 0 Å². The first-order valence-corrected chi connectivity index (χ1v) is 11.1. The third-order valence-electron chi connectivity index (χ3n) is 4.68. The number of hydrogen-bond acceptors (Lipinski definition) is 5. The van der Waals surface area contributed by atoms with Crippen molar-refractivity contribution in [3.8, 4) is 11.5 Å². The molecular formula is C21H26N2O5S. The molecule has 1 atom stereocenters. The Morgan fingerprint density at radius 2 is 1.69 bits per heavy atom. The number of sulfonamides is 1. The molecule has 0 radical (unpaired) electrons. The first-order chi connectivity index (χ1) is 13.8. The monoisotopic (exact) mass is 418 g/mol. The van der Waals surface area contributed by atoms with Gasteiger partial charge in [-0.3, -0.25) is 4.79 Å². The van der Waals surface area contributed by atoms with E-state index in [1.54, 1.807) is 19.9 Å². The van der Waals surface area contributed by atoms with Crippen LogP contribution >= 0.6 is 0 Å².